The van der Waals surface area contributed by atoms with Crippen LogP contribution in [0.2, 0.25) is 0 Å². The summed E-state index contributed by atoms with van der Waals surface area (Å²) in [7, 11) is 0. The molecule has 0 unspecified atom stereocenters. The van der Waals surface area contributed by atoms with Crippen LogP contribution in [0.4, 0.5) is 20.2 Å². The molecular weight excluding hydrogens is 496 g/mol. The quantitative estimate of drug-likeness (QED) is 0.216. The lowest BCUT2D eigenvalue weighted by molar-refractivity contribution is -0.384. The number of nitrogens with one attached hydrogen (secondary N) is 1. The first-order valence-corrected chi connectivity index (χ1v) is 11.7. The summed E-state index contributed by atoms with van der Waals surface area (Å²) in [6, 6.07) is 14.1. The number of nitrogens with zero attached hydrogens (tertiary/aromatic N) is 6. The van der Waals surface area contributed by atoms with Crippen molar-refractivity contribution < 1.29 is 18.8 Å². The number of non-ortho nitro benzene ring substituents is 1. The molecule has 38 heavy (non-hydrogen) atoms. The van der Waals surface area contributed by atoms with Crippen molar-refractivity contribution >= 4 is 22.3 Å². The first-order chi connectivity index (χ1) is 18.2. The Labute approximate surface area is 215 Å². The van der Waals surface area contributed by atoms with E-state index in [9.17, 15) is 24.0 Å². The van der Waals surface area contributed by atoms with Gasteiger partial charge in [0.25, 0.3) is 5.69 Å². The highest BCUT2D eigenvalue weighted by Crippen LogP contribution is 2.37. The number of benzene rings is 3. The Bertz CT molecular complexity index is 1590. The number of nitro benzene ring substituents is 1. The number of rotatable bonds is 9. The average Bonchev–Trinajstić information content (AvgIpc) is 3.56. The molecule has 0 aliphatic heterocycles. The number of nitro groups is 1. The summed E-state index contributed by atoms with van der Waals surface area (Å²) in [5.74, 6) is -1.63. The highest BCUT2D eigenvalue weighted by molar-refractivity contribution is 5.82. The van der Waals surface area contributed by atoms with Gasteiger partial charge in [0.1, 0.15) is 29.9 Å². The van der Waals surface area contributed by atoms with Crippen LogP contribution in [-0.2, 0) is 18.7 Å². The van der Waals surface area contributed by atoms with Gasteiger partial charge in [-0.05, 0) is 36.8 Å². The van der Waals surface area contributed by atoms with Crippen molar-refractivity contribution in [3.63, 3.8) is 0 Å². The molecule has 0 spiro atoms. The van der Waals surface area contributed by atoms with Crippen LogP contribution < -0.4 is 5.32 Å². The lowest BCUT2D eigenvalue weighted by Gasteiger charge is -2.34. The van der Waals surface area contributed by atoms with E-state index >= 15 is 0 Å². The molecule has 5 aromatic rings. The number of hydrogen-bond acceptors (Lipinski definition) is 7. The maximum Gasteiger partial charge on any atom is 0.269 e. The summed E-state index contributed by atoms with van der Waals surface area (Å²) in [5.41, 5.74) is 0.420. The Hall–Kier alpha value is -4.71. The molecule has 0 bridgehead atoms. The van der Waals surface area contributed by atoms with Crippen LogP contribution in [0.25, 0.3) is 10.9 Å². The standard InChI is InChI=1S/C26H23F2N7O3/c1-17(26(36,14-33-16-29-15-31-33)23-8-4-20(27)11-24(23)28)34-13-19-10-21(5-9-25(19)32-34)30-12-18-2-6-22(7-3-18)35(37)38/h2-11,13,15-17,30,36H,12,14H2,1H3/t17-,26-/m1/s1. The molecule has 0 aliphatic rings. The van der Waals surface area contributed by atoms with Gasteiger partial charge in [0.2, 0.25) is 0 Å². The molecule has 3 aromatic carbocycles. The fourth-order valence-corrected chi connectivity index (χ4v) is 4.36. The van der Waals surface area contributed by atoms with E-state index in [-0.39, 0.29) is 17.8 Å². The monoisotopic (exact) mass is 519 g/mol. The van der Waals surface area contributed by atoms with Crippen molar-refractivity contribution in [1.29, 1.82) is 0 Å². The van der Waals surface area contributed by atoms with Crippen molar-refractivity contribution in [3.8, 4) is 0 Å². The van der Waals surface area contributed by atoms with Gasteiger partial charge >= 0.3 is 0 Å². The predicted molar refractivity (Wildman–Crippen MR) is 135 cm³/mol. The molecule has 5 rings (SSSR count). The molecule has 2 heterocycles. The molecule has 2 N–H and O–H groups in total. The van der Waals surface area contributed by atoms with Gasteiger partial charge in [-0.2, -0.15) is 10.2 Å². The zero-order valence-electron chi connectivity index (χ0n) is 20.2. The number of halogens is 2. The van der Waals surface area contributed by atoms with Gasteiger partial charge in [0.15, 0.2) is 0 Å². The second-order valence-corrected chi connectivity index (χ2v) is 8.98. The molecule has 12 heteroatoms. The number of hydrogen-bond donors (Lipinski definition) is 2. The minimum atomic E-state index is -1.84. The second-order valence-electron chi connectivity index (χ2n) is 8.98. The first kappa shape index (κ1) is 25.0. The molecule has 10 nitrogen and oxygen atoms in total. The van der Waals surface area contributed by atoms with Crippen LogP contribution in [0, 0.1) is 21.7 Å². The van der Waals surface area contributed by atoms with Crippen LogP contribution in [-0.4, -0.2) is 34.6 Å². The van der Waals surface area contributed by atoms with Crippen molar-refractivity contribution in [3.05, 3.63) is 112 Å². The number of aromatic nitrogens is 5. The molecule has 0 saturated carbocycles. The molecule has 0 fully saturated rings. The van der Waals surface area contributed by atoms with Gasteiger partial charge in [0.05, 0.1) is 23.0 Å². The maximum atomic E-state index is 14.9. The lowest BCUT2D eigenvalue weighted by Crippen LogP contribution is -2.40. The van der Waals surface area contributed by atoms with Gasteiger partial charge < -0.3 is 10.4 Å². The van der Waals surface area contributed by atoms with E-state index in [0.29, 0.717) is 12.1 Å². The molecule has 0 radical (unpaired) electrons. The van der Waals surface area contributed by atoms with Gasteiger partial charge in [-0.1, -0.05) is 18.2 Å². The van der Waals surface area contributed by atoms with Gasteiger partial charge in [-0.25, -0.2) is 18.4 Å². The summed E-state index contributed by atoms with van der Waals surface area (Å²) in [6.07, 6.45) is 4.45. The average molecular weight is 520 g/mol. The summed E-state index contributed by atoms with van der Waals surface area (Å²) >= 11 is 0. The first-order valence-electron chi connectivity index (χ1n) is 11.7. The Morgan fingerprint density at radius 2 is 1.92 bits per heavy atom. The lowest BCUT2D eigenvalue weighted by atomic mass is 9.86. The minimum absolute atomic E-state index is 0.0287. The zero-order valence-corrected chi connectivity index (χ0v) is 20.2. The van der Waals surface area contributed by atoms with E-state index in [2.05, 4.69) is 20.5 Å². The molecule has 0 saturated heterocycles. The summed E-state index contributed by atoms with van der Waals surface area (Å²) in [6.45, 7) is 2.00. The van der Waals surface area contributed by atoms with Crippen LogP contribution in [0.5, 0.6) is 0 Å². The third kappa shape index (κ3) is 4.93. The van der Waals surface area contributed by atoms with Crippen molar-refractivity contribution in [2.24, 2.45) is 0 Å². The van der Waals surface area contributed by atoms with E-state index in [1.807, 2.05) is 18.2 Å². The zero-order chi connectivity index (χ0) is 26.9. The Morgan fingerprint density at radius 3 is 2.61 bits per heavy atom. The van der Waals surface area contributed by atoms with Crippen molar-refractivity contribution in [2.75, 3.05) is 5.32 Å². The third-order valence-electron chi connectivity index (χ3n) is 6.52. The van der Waals surface area contributed by atoms with Crippen LogP contribution in [0.15, 0.2) is 79.5 Å². The molecule has 0 amide bonds. The van der Waals surface area contributed by atoms with Crippen molar-refractivity contribution in [2.45, 2.75) is 31.7 Å². The highest BCUT2D eigenvalue weighted by atomic mass is 19.1. The van der Waals surface area contributed by atoms with Gasteiger partial charge in [-0.3, -0.25) is 14.8 Å². The number of anilines is 1. The number of fused-ring (bicyclic) bond motifs is 1. The largest absolute Gasteiger partial charge is 0.381 e. The summed E-state index contributed by atoms with van der Waals surface area (Å²) in [4.78, 5) is 14.3. The van der Waals surface area contributed by atoms with Gasteiger partial charge in [-0.15, -0.1) is 0 Å². The SMILES string of the molecule is C[C@@H](n1cc2cc(NCc3ccc([N+](=O)[O-])cc3)ccc2n1)[C@](O)(Cn1cncn1)c1ccc(F)cc1F. The summed E-state index contributed by atoms with van der Waals surface area (Å²) in [5, 5.41) is 35.3. The van der Waals surface area contributed by atoms with Crippen LogP contribution in [0.1, 0.15) is 24.1 Å². The van der Waals surface area contributed by atoms with Crippen molar-refractivity contribution in [1.82, 2.24) is 24.5 Å². The molecule has 2 aromatic heterocycles. The Kier molecular flexibility index (Phi) is 6.55. The highest BCUT2D eigenvalue weighted by Gasteiger charge is 2.40. The fourth-order valence-electron chi connectivity index (χ4n) is 4.36. The normalized spacial score (nSPS) is 13.8. The van der Waals surface area contributed by atoms with E-state index < -0.39 is 28.2 Å². The fraction of sp³-hybridized carbons (Fsp3) is 0.192. The Morgan fingerprint density at radius 1 is 1.13 bits per heavy atom. The van der Waals surface area contributed by atoms with E-state index in [4.69, 9.17) is 0 Å². The molecule has 194 valence electrons. The van der Waals surface area contributed by atoms with Crippen LogP contribution in [0.3, 0.4) is 0 Å². The third-order valence-corrected chi connectivity index (χ3v) is 6.52. The van der Waals surface area contributed by atoms with Gasteiger partial charge in [0, 0.05) is 47.6 Å². The molecule has 2 atom stereocenters. The van der Waals surface area contributed by atoms with Crippen LogP contribution >= 0.6 is 0 Å². The van der Waals surface area contributed by atoms with E-state index in [0.717, 1.165) is 28.8 Å². The molecule has 0 aliphatic carbocycles. The maximum absolute atomic E-state index is 14.9. The topological polar surface area (TPSA) is 124 Å². The predicted octanol–water partition coefficient (Wildman–Crippen LogP) is 4.58. The van der Waals surface area contributed by atoms with E-state index in [1.165, 1.54) is 35.5 Å². The smallest absolute Gasteiger partial charge is 0.269 e. The summed E-state index contributed by atoms with van der Waals surface area (Å²) < 4.78 is 31.4. The molecular formula is C26H23F2N7O3. The second kappa shape index (κ2) is 9.98. The number of aliphatic hydroxyl groups is 1. The van der Waals surface area contributed by atoms with E-state index in [1.54, 1.807) is 29.9 Å². The minimum Gasteiger partial charge on any atom is -0.381 e. The Balaban J connectivity index is 1.41.